The number of rotatable bonds is 6. The van der Waals surface area contributed by atoms with Crippen LogP contribution in [0.2, 0.25) is 0 Å². The first-order chi connectivity index (χ1) is 14.5. The summed E-state index contributed by atoms with van der Waals surface area (Å²) in [5.41, 5.74) is 1.08. The van der Waals surface area contributed by atoms with Gasteiger partial charge in [0.15, 0.2) is 0 Å². The molecule has 4 rings (SSSR count). The Hall–Kier alpha value is -0.520. The van der Waals surface area contributed by atoms with E-state index >= 15 is 0 Å². The first-order valence-corrected chi connectivity index (χ1v) is 15.5. The van der Waals surface area contributed by atoms with Gasteiger partial charge < -0.3 is 0 Å². The van der Waals surface area contributed by atoms with Gasteiger partial charge in [0.25, 0.3) is 0 Å². The van der Waals surface area contributed by atoms with E-state index in [9.17, 15) is 8.42 Å². The Labute approximate surface area is 186 Å². The molecule has 170 valence electrons. The average molecular weight is 453 g/mol. The highest BCUT2D eigenvalue weighted by molar-refractivity contribution is 8.34. The number of benzene rings is 1. The van der Waals surface area contributed by atoms with Crippen molar-refractivity contribution in [1.29, 1.82) is 0 Å². The molecule has 3 nitrogen and oxygen atoms in total. The van der Waals surface area contributed by atoms with Gasteiger partial charge in [-0.2, -0.15) is 8.42 Å². The lowest BCUT2D eigenvalue weighted by atomic mass is 9.99. The SMILES string of the molecule is Cc1ccc(S(=O)(=O)OS(C2CCCCC2)(C2CCCCC2)C2CCCCC2)cc1. The first-order valence-electron chi connectivity index (χ1n) is 12.3. The van der Waals surface area contributed by atoms with Gasteiger partial charge in [-0.25, -0.2) is 3.63 Å². The standard InChI is InChI=1S/C25H40O3S2/c1-21-17-19-25(20-18-21)30(26,27)28-29(22-11-5-2-6-12-22,23-13-7-3-8-14-23)24-15-9-4-10-16-24/h17-20,22-24H,2-16H2,1H3. The molecule has 3 saturated carbocycles. The fourth-order valence-corrected chi connectivity index (χ4v) is 14.4. The van der Waals surface area contributed by atoms with Gasteiger partial charge in [-0.05, 0) is 57.6 Å². The molecule has 3 fully saturated rings. The molecule has 0 aliphatic heterocycles. The normalized spacial score (nSPS) is 24.0. The van der Waals surface area contributed by atoms with Crippen LogP contribution in [0.1, 0.15) is 102 Å². The molecular formula is C25H40O3S2. The van der Waals surface area contributed by atoms with Crippen LogP contribution in [0.4, 0.5) is 0 Å². The Morgan fingerprint density at radius 2 is 1.00 bits per heavy atom. The van der Waals surface area contributed by atoms with Crippen molar-refractivity contribution in [2.75, 3.05) is 0 Å². The molecule has 0 atom stereocenters. The summed E-state index contributed by atoms with van der Waals surface area (Å²) in [5, 5.41) is 1.41. The van der Waals surface area contributed by atoms with E-state index in [2.05, 4.69) is 0 Å². The molecular weight excluding hydrogens is 412 g/mol. The summed E-state index contributed by atoms with van der Waals surface area (Å²) in [6, 6.07) is 7.29. The molecule has 0 N–H and O–H groups in total. The molecule has 0 unspecified atom stereocenters. The lowest BCUT2D eigenvalue weighted by Gasteiger charge is -2.57. The molecule has 0 amide bonds. The quantitative estimate of drug-likeness (QED) is 0.451. The topological polar surface area (TPSA) is 43.4 Å². The maximum Gasteiger partial charge on any atom is 0.306 e. The van der Waals surface area contributed by atoms with Crippen molar-refractivity contribution in [2.45, 2.75) is 124 Å². The fraction of sp³-hybridized carbons (Fsp3) is 0.760. The van der Waals surface area contributed by atoms with Crippen molar-refractivity contribution in [3.63, 3.8) is 0 Å². The van der Waals surface area contributed by atoms with Crippen LogP contribution in [0, 0.1) is 6.92 Å². The highest BCUT2D eigenvalue weighted by atomic mass is 32.3. The lowest BCUT2D eigenvalue weighted by molar-refractivity contribution is 0.418. The summed E-state index contributed by atoms with van der Waals surface area (Å²) in [6.07, 6.45) is 18.4. The molecule has 1 aromatic carbocycles. The van der Waals surface area contributed by atoms with E-state index < -0.39 is 20.4 Å². The van der Waals surface area contributed by atoms with Crippen LogP contribution < -0.4 is 0 Å². The fourth-order valence-electron chi connectivity index (χ4n) is 6.18. The second-order valence-corrected chi connectivity index (χ2v) is 15.1. The predicted molar refractivity (Wildman–Crippen MR) is 128 cm³/mol. The van der Waals surface area contributed by atoms with E-state index in [1.54, 1.807) is 12.1 Å². The second kappa shape index (κ2) is 9.95. The lowest BCUT2D eigenvalue weighted by Crippen LogP contribution is -2.42. The third-order valence-electron chi connectivity index (χ3n) is 7.74. The van der Waals surface area contributed by atoms with E-state index in [4.69, 9.17) is 3.63 Å². The molecule has 30 heavy (non-hydrogen) atoms. The van der Waals surface area contributed by atoms with Crippen LogP contribution in [0.15, 0.2) is 29.2 Å². The van der Waals surface area contributed by atoms with E-state index in [1.807, 2.05) is 19.1 Å². The van der Waals surface area contributed by atoms with E-state index in [0.29, 0.717) is 20.6 Å². The van der Waals surface area contributed by atoms with Crippen LogP contribution in [0.3, 0.4) is 0 Å². The van der Waals surface area contributed by atoms with Gasteiger partial charge in [0.2, 0.25) is 0 Å². The maximum atomic E-state index is 13.7. The summed E-state index contributed by atoms with van der Waals surface area (Å²) in [5.74, 6) is 0. The van der Waals surface area contributed by atoms with Gasteiger partial charge in [-0.15, -0.1) is 10.3 Å². The molecule has 1 aromatic rings. The Balaban J connectivity index is 1.76. The summed E-state index contributed by atoms with van der Waals surface area (Å²) in [4.78, 5) is 0.354. The van der Waals surface area contributed by atoms with E-state index in [0.717, 1.165) is 5.56 Å². The average Bonchev–Trinajstić information content (AvgIpc) is 2.79. The molecule has 0 spiro atoms. The molecule has 0 radical (unpaired) electrons. The molecule has 3 aliphatic carbocycles. The zero-order chi connectivity index (χ0) is 21.0. The third kappa shape index (κ3) is 4.78. The Bertz CT molecular complexity index is 724. The van der Waals surface area contributed by atoms with Crippen LogP contribution in [0.5, 0.6) is 0 Å². The maximum absolute atomic E-state index is 13.7. The predicted octanol–water partition coefficient (Wildman–Crippen LogP) is 7.42. The number of hydrogen-bond donors (Lipinski definition) is 0. The summed E-state index contributed by atoms with van der Waals surface area (Å²) < 4.78 is 34.1. The van der Waals surface area contributed by atoms with Gasteiger partial charge in [0.1, 0.15) is 0 Å². The van der Waals surface area contributed by atoms with Gasteiger partial charge in [0.05, 0.1) is 4.90 Å². The van der Waals surface area contributed by atoms with Gasteiger partial charge in [-0.1, -0.05) is 75.5 Å². The minimum Gasteiger partial charge on any atom is -0.215 e. The van der Waals surface area contributed by atoms with Crippen LogP contribution >= 0.6 is 10.3 Å². The minimum absolute atomic E-state index is 0.354. The van der Waals surface area contributed by atoms with Crippen molar-refractivity contribution in [3.05, 3.63) is 29.8 Å². The molecule has 5 heteroatoms. The second-order valence-electron chi connectivity index (χ2n) is 9.81. The van der Waals surface area contributed by atoms with Crippen LogP contribution in [-0.4, -0.2) is 24.2 Å². The largest absolute Gasteiger partial charge is 0.306 e. The monoisotopic (exact) mass is 452 g/mol. The molecule has 3 aliphatic rings. The van der Waals surface area contributed by atoms with Crippen molar-refractivity contribution < 1.29 is 12.0 Å². The van der Waals surface area contributed by atoms with Crippen LogP contribution in [0.25, 0.3) is 0 Å². The summed E-state index contributed by atoms with van der Waals surface area (Å²) >= 11 is 0. The smallest absolute Gasteiger partial charge is 0.215 e. The van der Waals surface area contributed by atoms with Gasteiger partial charge in [0, 0.05) is 15.7 Å². The van der Waals surface area contributed by atoms with Crippen molar-refractivity contribution in [3.8, 4) is 0 Å². The van der Waals surface area contributed by atoms with E-state index in [1.165, 1.54) is 96.3 Å². The molecule has 0 heterocycles. The van der Waals surface area contributed by atoms with Gasteiger partial charge >= 0.3 is 10.1 Å². The molecule has 0 aromatic heterocycles. The Morgan fingerprint density at radius 3 is 1.37 bits per heavy atom. The summed E-state index contributed by atoms with van der Waals surface area (Å²) in [7, 11) is -5.45. The zero-order valence-electron chi connectivity index (χ0n) is 18.7. The molecule has 0 bridgehead atoms. The van der Waals surface area contributed by atoms with Crippen molar-refractivity contribution in [2.24, 2.45) is 0 Å². The number of aryl methyl sites for hydroxylation is 1. The van der Waals surface area contributed by atoms with Gasteiger partial charge in [-0.3, -0.25) is 0 Å². The number of hydrogen-bond acceptors (Lipinski definition) is 3. The molecule has 0 saturated heterocycles. The Kier molecular flexibility index (Phi) is 7.52. The van der Waals surface area contributed by atoms with Crippen molar-refractivity contribution in [1.82, 2.24) is 0 Å². The van der Waals surface area contributed by atoms with E-state index in [-0.39, 0.29) is 0 Å². The van der Waals surface area contributed by atoms with Crippen LogP contribution in [-0.2, 0) is 13.7 Å². The highest BCUT2D eigenvalue weighted by Crippen LogP contribution is 2.70. The van der Waals surface area contributed by atoms with Crippen molar-refractivity contribution >= 4 is 20.4 Å². The summed E-state index contributed by atoms with van der Waals surface area (Å²) in [6.45, 7) is 2.00. The third-order valence-corrected chi connectivity index (χ3v) is 14.8. The minimum atomic E-state index is -3.75. The Morgan fingerprint density at radius 1 is 0.633 bits per heavy atom. The zero-order valence-corrected chi connectivity index (χ0v) is 20.3. The highest BCUT2D eigenvalue weighted by Gasteiger charge is 2.50. The first kappa shape index (κ1) is 22.7.